The fourth-order valence-electron chi connectivity index (χ4n) is 3.39. The number of imidazole rings is 1. The lowest BCUT2D eigenvalue weighted by atomic mass is 10.1. The van der Waals surface area contributed by atoms with Gasteiger partial charge >= 0.3 is 6.03 Å². The van der Waals surface area contributed by atoms with Gasteiger partial charge in [0.2, 0.25) is 0 Å². The van der Waals surface area contributed by atoms with E-state index >= 15 is 0 Å². The third-order valence-corrected chi connectivity index (χ3v) is 5.13. The molecular weight excluding hydrogens is 372 g/mol. The first-order chi connectivity index (χ1) is 14.6. The molecule has 0 spiro atoms. The fourth-order valence-corrected chi connectivity index (χ4v) is 3.39. The number of urea groups is 1. The summed E-state index contributed by atoms with van der Waals surface area (Å²) in [7, 11) is 0. The Morgan fingerprint density at radius 3 is 2.30 bits per heavy atom. The van der Waals surface area contributed by atoms with Gasteiger partial charge in [0.15, 0.2) is 0 Å². The van der Waals surface area contributed by atoms with Gasteiger partial charge in [-0.1, -0.05) is 59.7 Å². The average molecular weight is 399 g/mol. The summed E-state index contributed by atoms with van der Waals surface area (Å²) in [5.74, 6) is 0.872. The number of aryl methyl sites for hydroxylation is 2. The zero-order chi connectivity index (χ0) is 20.9. The standard InChI is InChI=1S/C25H26N4O/c1-18-7-11-20(12-8-18)17-29(21-13-9-19(2)10-14-21)25(30)26-16-15-24-27-22-5-3-4-6-23(22)28-24/h3-14H,15-17H2,1-2H3,(H,26,30)(H,27,28). The van der Waals surface area contributed by atoms with Gasteiger partial charge in [0.1, 0.15) is 5.82 Å². The smallest absolute Gasteiger partial charge is 0.322 e. The van der Waals surface area contributed by atoms with Crippen molar-refractivity contribution in [1.82, 2.24) is 15.3 Å². The number of amides is 2. The van der Waals surface area contributed by atoms with E-state index in [1.165, 1.54) is 11.1 Å². The van der Waals surface area contributed by atoms with Crippen molar-refractivity contribution in [2.45, 2.75) is 26.8 Å². The van der Waals surface area contributed by atoms with Crippen LogP contribution in [-0.4, -0.2) is 22.5 Å². The van der Waals surface area contributed by atoms with Crippen molar-refractivity contribution in [2.24, 2.45) is 0 Å². The number of hydrogen-bond donors (Lipinski definition) is 2. The molecule has 0 aliphatic carbocycles. The molecular formula is C25H26N4O. The van der Waals surface area contributed by atoms with E-state index in [0.29, 0.717) is 19.5 Å². The van der Waals surface area contributed by atoms with Gasteiger partial charge in [0.05, 0.1) is 17.6 Å². The predicted molar refractivity (Wildman–Crippen MR) is 122 cm³/mol. The maximum atomic E-state index is 13.0. The second kappa shape index (κ2) is 8.82. The van der Waals surface area contributed by atoms with Crippen LogP contribution in [0.25, 0.3) is 11.0 Å². The van der Waals surface area contributed by atoms with Crippen LogP contribution in [0.4, 0.5) is 10.5 Å². The van der Waals surface area contributed by atoms with E-state index in [2.05, 4.69) is 46.5 Å². The summed E-state index contributed by atoms with van der Waals surface area (Å²) in [6.45, 7) is 5.13. The van der Waals surface area contributed by atoms with Gasteiger partial charge in [0, 0.05) is 18.7 Å². The molecule has 152 valence electrons. The van der Waals surface area contributed by atoms with E-state index in [-0.39, 0.29) is 6.03 Å². The quantitative estimate of drug-likeness (QED) is 0.472. The number of nitrogens with zero attached hydrogens (tertiary/aromatic N) is 2. The van der Waals surface area contributed by atoms with E-state index in [0.717, 1.165) is 28.1 Å². The first-order valence-electron chi connectivity index (χ1n) is 10.2. The van der Waals surface area contributed by atoms with E-state index in [1.54, 1.807) is 4.90 Å². The lowest BCUT2D eigenvalue weighted by molar-refractivity contribution is 0.246. The highest BCUT2D eigenvalue weighted by atomic mass is 16.2. The maximum absolute atomic E-state index is 13.0. The first kappa shape index (κ1) is 19.7. The molecule has 0 atom stereocenters. The third kappa shape index (κ3) is 4.69. The molecule has 2 N–H and O–H groups in total. The van der Waals surface area contributed by atoms with Crippen LogP contribution in [0.3, 0.4) is 0 Å². The van der Waals surface area contributed by atoms with Crippen molar-refractivity contribution < 1.29 is 4.79 Å². The number of benzene rings is 3. The second-order valence-corrected chi connectivity index (χ2v) is 7.59. The lowest BCUT2D eigenvalue weighted by Crippen LogP contribution is -2.40. The molecule has 0 saturated carbocycles. The molecule has 30 heavy (non-hydrogen) atoms. The van der Waals surface area contributed by atoms with Gasteiger partial charge in [-0.2, -0.15) is 0 Å². The minimum absolute atomic E-state index is 0.115. The molecule has 3 aromatic carbocycles. The van der Waals surface area contributed by atoms with Crippen LogP contribution in [0.1, 0.15) is 22.5 Å². The summed E-state index contributed by atoms with van der Waals surface area (Å²) in [6.07, 6.45) is 0.646. The SMILES string of the molecule is Cc1ccc(CN(C(=O)NCCc2nc3ccccc3[nH]2)c2ccc(C)cc2)cc1. The Morgan fingerprint density at radius 2 is 1.60 bits per heavy atom. The number of para-hydroxylation sites is 2. The molecule has 1 aromatic heterocycles. The molecule has 0 fully saturated rings. The summed E-state index contributed by atoms with van der Waals surface area (Å²) in [5, 5.41) is 3.05. The second-order valence-electron chi connectivity index (χ2n) is 7.59. The Labute approximate surface area is 176 Å². The molecule has 0 unspecified atom stereocenters. The Balaban J connectivity index is 1.45. The molecule has 2 amide bonds. The summed E-state index contributed by atoms with van der Waals surface area (Å²) < 4.78 is 0. The molecule has 0 radical (unpaired) electrons. The molecule has 1 heterocycles. The topological polar surface area (TPSA) is 61.0 Å². The number of carbonyl (C=O) groups excluding carboxylic acids is 1. The zero-order valence-corrected chi connectivity index (χ0v) is 17.4. The van der Waals surface area contributed by atoms with E-state index in [4.69, 9.17) is 0 Å². The summed E-state index contributed by atoms with van der Waals surface area (Å²) in [5.41, 5.74) is 6.30. The minimum atomic E-state index is -0.115. The number of aromatic nitrogens is 2. The predicted octanol–water partition coefficient (Wildman–Crippen LogP) is 5.14. The van der Waals surface area contributed by atoms with Crippen LogP contribution in [-0.2, 0) is 13.0 Å². The van der Waals surface area contributed by atoms with E-state index < -0.39 is 0 Å². The summed E-state index contributed by atoms with van der Waals surface area (Å²) in [6, 6.07) is 24.1. The monoisotopic (exact) mass is 398 g/mol. The molecule has 0 aliphatic heterocycles. The molecule has 0 saturated heterocycles. The van der Waals surface area contributed by atoms with Crippen LogP contribution in [0, 0.1) is 13.8 Å². The van der Waals surface area contributed by atoms with Crippen molar-refractivity contribution in [2.75, 3.05) is 11.4 Å². The van der Waals surface area contributed by atoms with Crippen LogP contribution in [0.15, 0.2) is 72.8 Å². The van der Waals surface area contributed by atoms with Gasteiger partial charge in [-0.25, -0.2) is 9.78 Å². The number of anilines is 1. The van der Waals surface area contributed by atoms with Gasteiger partial charge in [-0.15, -0.1) is 0 Å². The Hall–Kier alpha value is -3.60. The maximum Gasteiger partial charge on any atom is 0.322 e. The normalized spacial score (nSPS) is 10.9. The third-order valence-electron chi connectivity index (χ3n) is 5.13. The highest BCUT2D eigenvalue weighted by Crippen LogP contribution is 2.19. The minimum Gasteiger partial charge on any atom is -0.342 e. The van der Waals surface area contributed by atoms with E-state index in [9.17, 15) is 4.79 Å². The Kier molecular flexibility index (Phi) is 5.80. The van der Waals surface area contributed by atoms with Gasteiger partial charge in [0.25, 0.3) is 0 Å². The van der Waals surface area contributed by atoms with Crippen molar-refractivity contribution >= 4 is 22.8 Å². The average Bonchev–Trinajstić information content (AvgIpc) is 3.17. The molecule has 4 aromatic rings. The fraction of sp³-hybridized carbons (Fsp3) is 0.200. The number of rotatable bonds is 6. The highest BCUT2D eigenvalue weighted by molar-refractivity contribution is 5.91. The van der Waals surface area contributed by atoms with E-state index in [1.807, 2.05) is 55.5 Å². The number of H-pyrrole nitrogens is 1. The molecule has 5 heteroatoms. The Morgan fingerprint density at radius 1 is 0.933 bits per heavy atom. The number of hydrogen-bond acceptors (Lipinski definition) is 2. The number of aromatic amines is 1. The zero-order valence-electron chi connectivity index (χ0n) is 17.4. The molecule has 5 nitrogen and oxygen atoms in total. The Bertz CT molecular complexity index is 1100. The first-order valence-corrected chi connectivity index (χ1v) is 10.2. The van der Waals surface area contributed by atoms with Crippen LogP contribution < -0.4 is 10.2 Å². The van der Waals surface area contributed by atoms with Crippen LogP contribution >= 0.6 is 0 Å². The number of nitrogens with one attached hydrogen (secondary N) is 2. The molecule has 0 aliphatic rings. The van der Waals surface area contributed by atoms with Crippen molar-refractivity contribution in [3.05, 3.63) is 95.3 Å². The van der Waals surface area contributed by atoms with Crippen molar-refractivity contribution in [1.29, 1.82) is 0 Å². The highest BCUT2D eigenvalue weighted by Gasteiger charge is 2.16. The van der Waals surface area contributed by atoms with Crippen molar-refractivity contribution in [3.8, 4) is 0 Å². The van der Waals surface area contributed by atoms with Crippen LogP contribution in [0.5, 0.6) is 0 Å². The largest absolute Gasteiger partial charge is 0.342 e. The van der Waals surface area contributed by atoms with Gasteiger partial charge in [-0.3, -0.25) is 4.90 Å². The van der Waals surface area contributed by atoms with Crippen LogP contribution in [0.2, 0.25) is 0 Å². The number of fused-ring (bicyclic) bond motifs is 1. The van der Waals surface area contributed by atoms with Crippen molar-refractivity contribution in [3.63, 3.8) is 0 Å². The summed E-state index contributed by atoms with van der Waals surface area (Å²) >= 11 is 0. The molecule has 0 bridgehead atoms. The van der Waals surface area contributed by atoms with Gasteiger partial charge in [-0.05, 0) is 43.7 Å². The summed E-state index contributed by atoms with van der Waals surface area (Å²) in [4.78, 5) is 22.7. The molecule has 4 rings (SSSR count). The lowest BCUT2D eigenvalue weighted by Gasteiger charge is -2.23. The van der Waals surface area contributed by atoms with Gasteiger partial charge < -0.3 is 10.3 Å². The number of carbonyl (C=O) groups is 1.